The van der Waals surface area contributed by atoms with Crippen LogP contribution in [0.5, 0.6) is 0 Å². The molecule has 2 N–H and O–H groups in total. The molecule has 6 nitrogen and oxygen atoms in total. The molecule has 4 aliphatic carbocycles. The minimum atomic E-state index is -0.757. The molecule has 0 aromatic rings. The molecule has 2 saturated heterocycles. The number of aliphatic hydroxyl groups is 2. The Bertz CT molecular complexity index is 1030. The van der Waals surface area contributed by atoms with E-state index in [1.807, 2.05) is 19.9 Å². The molecular formula is C28H36O6. The van der Waals surface area contributed by atoms with Gasteiger partial charge in [0.05, 0.1) is 29.8 Å². The summed E-state index contributed by atoms with van der Waals surface area (Å²) >= 11 is 0. The maximum Gasteiger partial charge on any atom is 0.336 e. The molecule has 6 rings (SSSR count). The van der Waals surface area contributed by atoms with Crippen LogP contribution in [0.15, 0.2) is 36.0 Å². The summed E-state index contributed by atoms with van der Waals surface area (Å²) in [6.07, 6.45) is 7.46. The zero-order valence-electron chi connectivity index (χ0n) is 20.3. The normalized spacial score (nSPS) is 54.0. The number of aliphatic hydroxyl groups excluding tert-OH is 2. The summed E-state index contributed by atoms with van der Waals surface area (Å²) in [5, 5.41) is 22.8. The minimum Gasteiger partial charge on any atom is -0.458 e. The lowest BCUT2D eigenvalue weighted by atomic mass is 9.45. The zero-order valence-corrected chi connectivity index (χ0v) is 20.3. The molecule has 0 aromatic heterocycles. The molecule has 0 amide bonds. The fourth-order valence-electron chi connectivity index (χ4n) is 9.13. The lowest BCUT2D eigenvalue weighted by Crippen LogP contribution is -2.62. The Hall–Kier alpha value is -1.76. The zero-order chi connectivity index (χ0) is 24.2. The van der Waals surface area contributed by atoms with Gasteiger partial charge in [0.15, 0.2) is 5.78 Å². The topological polar surface area (TPSA) is 93.1 Å². The third-order valence-corrected chi connectivity index (χ3v) is 11.2. The van der Waals surface area contributed by atoms with Crippen LogP contribution >= 0.6 is 0 Å². The van der Waals surface area contributed by atoms with Crippen LogP contribution in [-0.2, 0) is 19.1 Å². The number of carbonyl (C=O) groups is 2. The third-order valence-electron chi connectivity index (χ3n) is 11.2. The number of hydrogen-bond donors (Lipinski definition) is 2. The molecule has 3 saturated carbocycles. The first-order chi connectivity index (χ1) is 16.0. The largest absolute Gasteiger partial charge is 0.458 e. The van der Waals surface area contributed by atoms with E-state index in [-0.39, 0.29) is 52.9 Å². The van der Waals surface area contributed by atoms with E-state index in [4.69, 9.17) is 9.47 Å². The van der Waals surface area contributed by atoms with Crippen LogP contribution in [0, 0.1) is 40.4 Å². The van der Waals surface area contributed by atoms with Gasteiger partial charge in [-0.15, -0.1) is 0 Å². The Morgan fingerprint density at radius 1 is 1.03 bits per heavy atom. The third kappa shape index (κ3) is 2.68. The Kier molecular flexibility index (Phi) is 4.77. The van der Waals surface area contributed by atoms with E-state index < -0.39 is 23.2 Å². The number of fused-ring (bicyclic) bond motifs is 7. The number of hydrogen-bond acceptors (Lipinski definition) is 6. The lowest BCUT2D eigenvalue weighted by molar-refractivity contribution is -0.209. The second-order valence-corrected chi connectivity index (χ2v) is 12.3. The highest BCUT2D eigenvalue weighted by Crippen LogP contribution is 2.67. The maximum atomic E-state index is 13.2. The minimum absolute atomic E-state index is 0.00755. The smallest absolute Gasteiger partial charge is 0.336 e. The molecule has 0 radical (unpaired) electrons. The van der Waals surface area contributed by atoms with E-state index in [0.29, 0.717) is 31.4 Å². The van der Waals surface area contributed by atoms with Crippen LogP contribution in [0.25, 0.3) is 0 Å². The number of ether oxygens (including phenoxy) is 2. The van der Waals surface area contributed by atoms with E-state index in [1.165, 1.54) is 0 Å². The average molecular weight is 469 g/mol. The van der Waals surface area contributed by atoms with Crippen molar-refractivity contribution in [2.75, 3.05) is 6.61 Å². The fraction of sp³-hybridized carbons (Fsp3) is 0.714. The van der Waals surface area contributed by atoms with Crippen molar-refractivity contribution >= 4 is 11.8 Å². The van der Waals surface area contributed by atoms with E-state index >= 15 is 0 Å². The number of allylic oxidation sites excluding steroid dienone is 3. The average Bonchev–Trinajstić information content (AvgIpc) is 3.14. The van der Waals surface area contributed by atoms with Gasteiger partial charge in [0.2, 0.25) is 0 Å². The molecule has 0 aromatic carbocycles. The van der Waals surface area contributed by atoms with Crippen molar-refractivity contribution in [3.05, 3.63) is 36.0 Å². The van der Waals surface area contributed by atoms with Gasteiger partial charge in [0.25, 0.3) is 0 Å². The van der Waals surface area contributed by atoms with Crippen LogP contribution in [0.2, 0.25) is 0 Å². The molecule has 184 valence electrons. The fourth-order valence-corrected chi connectivity index (χ4v) is 9.13. The second kappa shape index (κ2) is 7.14. The van der Waals surface area contributed by atoms with Gasteiger partial charge >= 0.3 is 5.97 Å². The van der Waals surface area contributed by atoms with Gasteiger partial charge in [-0.25, -0.2) is 4.79 Å². The van der Waals surface area contributed by atoms with E-state index in [9.17, 15) is 19.8 Å². The Balaban J connectivity index is 1.33. The predicted molar refractivity (Wildman–Crippen MR) is 124 cm³/mol. The number of ketones is 1. The Labute approximate surface area is 201 Å². The van der Waals surface area contributed by atoms with Crippen molar-refractivity contribution in [2.45, 2.75) is 76.8 Å². The van der Waals surface area contributed by atoms with Crippen LogP contribution in [-0.4, -0.2) is 52.5 Å². The number of carbonyl (C=O) groups excluding carboxylic acids is 2. The van der Waals surface area contributed by atoms with Crippen molar-refractivity contribution in [3.63, 3.8) is 0 Å². The lowest BCUT2D eigenvalue weighted by Gasteiger charge is -2.60. The molecule has 0 spiro atoms. The second-order valence-electron chi connectivity index (χ2n) is 12.3. The molecule has 2 heterocycles. The van der Waals surface area contributed by atoms with Crippen LogP contribution in [0.4, 0.5) is 0 Å². The van der Waals surface area contributed by atoms with E-state index in [1.54, 1.807) is 12.2 Å². The Morgan fingerprint density at radius 3 is 2.47 bits per heavy atom. The number of esters is 1. The van der Waals surface area contributed by atoms with E-state index in [2.05, 4.69) is 13.5 Å². The van der Waals surface area contributed by atoms with E-state index in [0.717, 1.165) is 18.4 Å². The van der Waals surface area contributed by atoms with Crippen LogP contribution in [0.1, 0.15) is 52.9 Å². The number of rotatable bonds is 1. The van der Waals surface area contributed by atoms with Crippen molar-refractivity contribution < 1.29 is 29.3 Å². The van der Waals surface area contributed by atoms with Gasteiger partial charge in [-0.2, -0.15) is 0 Å². The molecule has 2 bridgehead atoms. The predicted octanol–water partition coefficient (Wildman–Crippen LogP) is 3.13. The summed E-state index contributed by atoms with van der Waals surface area (Å²) in [7, 11) is 0. The molecule has 6 aliphatic rings. The summed E-state index contributed by atoms with van der Waals surface area (Å²) in [4.78, 5) is 25.7. The summed E-state index contributed by atoms with van der Waals surface area (Å²) in [5.74, 6) is 0.191. The first-order valence-corrected chi connectivity index (χ1v) is 12.9. The molecule has 6 heteroatoms. The van der Waals surface area contributed by atoms with Crippen molar-refractivity contribution in [1.29, 1.82) is 0 Å². The summed E-state index contributed by atoms with van der Waals surface area (Å²) in [6, 6.07) is 0. The monoisotopic (exact) mass is 468 g/mol. The van der Waals surface area contributed by atoms with Gasteiger partial charge in [-0.3, -0.25) is 4.79 Å². The quantitative estimate of drug-likeness (QED) is 0.454. The highest BCUT2D eigenvalue weighted by molar-refractivity contribution is 5.99. The highest BCUT2D eigenvalue weighted by Gasteiger charge is 2.67. The molecule has 2 aliphatic heterocycles. The first kappa shape index (κ1) is 22.7. The van der Waals surface area contributed by atoms with Gasteiger partial charge in [0.1, 0.15) is 11.7 Å². The molecule has 34 heavy (non-hydrogen) atoms. The van der Waals surface area contributed by atoms with Crippen molar-refractivity contribution in [3.8, 4) is 0 Å². The van der Waals surface area contributed by atoms with Crippen molar-refractivity contribution in [2.24, 2.45) is 40.4 Å². The maximum absolute atomic E-state index is 13.2. The highest BCUT2D eigenvalue weighted by atomic mass is 16.6. The Morgan fingerprint density at radius 2 is 1.74 bits per heavy atom. The molecule has 0 unspecified atom stereocenters. The molecule has 5 fully saturated rings. The first-order valence-electron chi connectivity index (χ1n) is 12.9. The van der Waals surface area contributed by atoms with Gasteiger partial charge in [-0.1, -0.05) is 25.7 Å². The summed E-state index contributed by atoms with van der Waals surface area (Å²) < 4.78 is 12.1. The van der Waals surface area contributed by atoms with Crippen LogP contribution < -0.4 is 0 Å². The molecular weight excluding hydrogens is 432 g/mol. The van der Waals surface area contributed by atoms with Gasteiger partial charge in [-0.05, 0) is 80.3 Å². The standard InChI is InChI=1S/C28H36O6/c1-14-25(32)34-22-12-26(14,2)33-13-16(22)18-9-8-17-15-10-21(29)19-6-5-7-23(30)28(19,4)20(15)11-24(31)27(17,18)3/h5-7,15-18,20-22,24,29,31H,1,8-13H2,2-4H3/t15-,16+,17-,18+,20+,21-,22-,24-,26-,27+,28-/m1/s1. The van der Waals surface area contributed by atoms with Crippen molar-refractivity contribution in [1.82, 2.24) is 0 Å². The summed E-state index contributed by atoms with van der Waals surface area (Å²) in [5.41, 5.74) is -0.620. The van der Waals surface area contributed by atoms with Gasteiger partial charge < -0.3 is 19.7 Å². The van der Waals surface area contributed by atoms with Crippen LogP contribution in [0.3, 0.4) is 0 Å². The SMILES string of the molecule is C=C1C(=O)O[C@@H]2C[C@@]1(C)OC[C@H]2[C@@H]1CC[C@@H]2[C@H]3C[C@@H](O)C4=CC=CC(=O)[C@@]4(C)[C@H]3C[C@@H](O)[C@@]21C. The molecule has 11 atom stereocenters. The summed E-state index contributed by atoms with van der Waals surface area (Å²) in [6.45, 7) is 10.5. The van der Waals surface area contributed by atoms with Gasteiger partial charge in [0, 0.05) is 12.3 Å².